The van der Waals surface area contributed by atoms with Crippen molar-refractivity contribution in [1.29, 1.82) is 0 Å². The molecule has 16 heteroatoms. The fraction of sp³-hybridized carbons (Fsp3) is 0.784. The topological polar surface area (TPSA) is 113 Å². The van der Waals surface area contributed by atoms with Crippen LogP contribution in [0.5, 0.6) is 0 Å². The van der Waals surface area contributed by atoms with E-state index in [1.54, 1.807) is 0 Å². The maximum Gasteiger partial charge on any atom is 0.471 e. The first-order valence-electron chi connectivity index (χ1n) is 18.2. The summed E-state index contributed by atoms with van der Waals surface area (Å²) >= 11 is 1.06. The summed E-state index contributed by atoms with van der Waals surface area (Å²) in [5.41, 5.74) is 0.981. The number of carbonyl (C=O) groups excluding carboxylic acids is 2. The van der Waals surface area contributed by atoms with Crippen LogP contribution in [0.25, 0.3) is 0 Å². The average molecular weight is 826 g/mol. The van der Waals surface area contributed by atoms with Crippen molar-refractivity contribution < 1.29 is 50.6 Å². The fourth-order valence-electron chi connectivity index (χ4n) is 5.12. The number of alkyl halides is 3. The highest BCUT2D eigenvalue weighted by molar-refractivity contribution is 8.01. The first-order chi connectivity index (χ1) is 23.6. The van der Waals surface area contributed by atoms with Crippen molar-refractivity contribution in [3.8, 4) is 0 Å². The number of hydrogen-bond donors (Lipinski definition) is 2. The molecule has 1 aliphatic heterocycles. The van der Waals surface area contributed by atoms with Crippen molar-refractivity contribution in [3.63, 3.8) is 0 Å². The number of nitrogens with one attached hydrogen (secondary N) is 1. The minimum Gasteiger partial charge on any atom is -0.466 e. The summed E-state index contributed by atoms with van der Waals surface area (Å²) in [6, 6.07) is 5.92. The van der Waals surface area contributed by atoms with Crippen molar-refractivity contribution in [1.82, 2.24) is 5.32 Å². The minimum atomic E-state index is -5.25. The molecule has 1 saturated heterocycles. The third-order valence-electron chi connectivity index (χ3n) is 11.5. The molecule has 0 bridgehead atoms. The Bertz CT molecular complexity index is 1410. The van der Waals surface area contributed by atoms with E-state index in [-0.39, 0.29) is 11.5 Å². The zero-order chi connectivity index (χ0) is 41.4. The predicted octanol–water partition coefficient (Wildman–Crippen LogP) is 8.96. The molecule has 0 unspecified atom stereocenters. The van der Waals surface area contributed by atoms with Gasteiger partial charge in [-0.05, 0) is 73.5 Å². The van der Waals surface area contributed by atoms with E-state index in [4.69, 9.17) is 22.8 Å². The molecule has 0 radical (unpaired) electrons. The Morgan fingerprint density at radius 2 is 1.36 bits per heavy atom. The molecular weight excluding hydrogens is 760 g/mol. The third-order valence-corrected chi connectivity index (χ3v) is 26.3. The summed E-state index contributed by atoms with van der Waals surface area (Å²) in [6.45, 7) is 31.3. The fourth-order valence-corrected chi connectivity index (χ4v) is 10.3. The Balaban J connectivity index is 3.11. The monoisotopic (exact) mass is 825 g/mol. The number of hydrogen-bond acceptors (Lipinski definition) is 9. The van der Waals surface area contributed by atoms with Crippen molar-refractivity contribution in [2.75, 3.05) is 13.7 Å². The number of aliphatic hydroxyl groups is 1. The van der Waals surface area contributed by atoms with E-state index in [2.05, 4.69) is 5.32 Å². The van der Waals surface area contributed by atoms with Gasteiger partial charge in [0, 0.05) is 11.3 Å². The highest BCUT2D eigenvalue weighted by Crippen LogP contribution is 2.50. The van der Waals surface area contributed by atoms with Crippen LogP contribution in [0.4, 0.5) is 13.2 Å². The van der Waals surface area contributed by atoms with Crippen LogP contribution in [0.1, 0.15) is 74.3 Å². The molecule has 0 spiro atoms. The van der Waals surface area contributed by atoms with Gasteiger partial charge in [0.05, 0.1) is 32.0 Å². The smallest absolute Gasteiger partial charge is 0.466 e. The lowest BCUT2D eigenvalue weighted by molar-refractivity contribution is -0.207. The van der Waals surface area contributed by atoms with E-state index in [1.165, 1.54) is 7.11 Å². The molecular formula is C37H66F3NO8SSi3. The third kappa shape index (κ3) is 11.7. The second-order valence-electron chi connectivity index (χ2n) is 18.8. The van der Waals surface area contributed by atoms with Gasteiger partial charge in [0.2, 0.25) is 4.93 Å². The van der Waals surface area contributed by atoms with Gasteiger partial charge in [-0.3, -0.25) is 4.79 Å². The summed E-state index contributed by atoms with van der Waals surface area (Å²) in [5, 5.41) is 12.2. The second-order valence-corrected chi connectivity index (χ2v) is 34.4. The Morgan fingerprint density at radius 1 is 0.887 bits per heavy atom. The lowest BCUT2D eigenvalue weighted by Gasteiger charge is -2.54. The molecule has 306 valence electrons. The van der Waals surface area contributed by atoms with Crippen LogP contribution in [0.2, 0.25) is 54.4 Å². The minimum absolute atomic E-state index is 0.260. The molecule has 2 N–H and O–H groups in total. The van der Waals surface area contributed by atoms with Gasteiger partial charge in [-0.2, -0.15) is 13.2 Å². The Labute approximate surface area is 323 Å². The largest absolute Gasteiger partial charge is 0.471 e. The summed E-state index contributed by atoms with van der Waals surface area (Å²) in [7, 11) is -7.18. The van der Waals surface area contributed by atoms with Crippen LogP contribution in [0.15, 0.2) is 29.2 Å². The standard InChI is InChI=1S/C37H66F3NO8SSi3/c1-24-18-20-25(21-19-24)50-36(32(44)45-11)22-26(47-51(12,13)33(2,3)4)28(41-31(43)37(38,39)40)30(46-36)29(49-53(16,17)35(8,9)10)27(23-42)48-52(14,15)34(5,6)7/h18-21,26-30,42H,22-23H2,1-17H3,(H,41,43)/t26-,27+,28+,29+,30+,36-/m0/s1. The maximum atomic E-state index is 14.2. The number of esters is 1. The number of methoxy groups -OCH3 is 1. The van der Waals surface area contributed by atoms with Crippen molar-refractivity contribution in [3.05, 3.63) is 29.8 Å². The molecule has 1 amide bonds. The van der Waals surface area contributed by atoms with Crippen molar-refractivity contribution in [2.24, 2.45) is 0 Å². The molecule has 1 aromatic rings. The number of benzene rings is 1. The molecule has 53 heavy (non-hydrogen) atoms. The molecule has 6 atom stereocenters. The average Bonchev–Trinajstić information content (AvgIpc) is 2.98. The summed E-state index contributed by atoms with van der Waals surface area (Å²) < 4.78 is 75.7. The van der Waals surface area contributed by atoms with Crippen LogP contribution < -0.4 is 5.32 Å². The number of rotatable bonds is 13. The number of carbonyl (C=O) groups is 2. The lowest BCUT2D eigenvalue weighted by Crippen LogP contribution is -2.71. The van der Waals surface area contributed by atoms with E-state index >= 15 is 0 Å². The number of aliphatic hydroxyl groups excluding tert-OH is 1. The van der Waals surface area contributed by atoms with Crippen LogP contribution in [-0.2, 0) is 32.3 Å². The Hall–Kier alpha value is -1.25. The van der Waals surface area contributed by atoms with Gasteiger partial charge in [-0.25, -0.2) is 4.79 Å². The van der Waals surface area contributed by atoms with E-state index in [0.717, 1.165) is 17.3 Å². The van der Waals surface area contributed by atoms with E-state index in [0.29, 0.717) is 4.90 Å². The van der Waals surface area contributed by atoms with Gasteiger partial charge in [-0.1, -0.05) is 91.8 Å². The zero-order valence-electron chi connectivity index (χ0n) is 35.0. The van der Waals surface area contributed by atoms with Gasteiger partial charge in [-0.15, -0.1) is 0 Å². The second kappa shape index (κ2) is 16.7. The van der Waals surface area contributed by atoms with E-state index in [1.807, 2.05) is 133 Å². The molecule has 1 aliphatic rings. The predicted molar refractivity (Wildman–Crippen MR) is 213 cm³/mol. The number of amides is 1. The lowest BCUT2D eigenvalue weighted by atomic mass is 9.89. The summed E-state index contributed by atoms with van der Waals surface area (Å²) in [6.07, 6.45) is -10.6. The molecule has 1 aromatic carbocycles. The highest BCUT2D eigenvalue weighted by atomic mass is 32.2. The molecule has 1 fully saturated rings. The Kier molecular flexibility index (Phi) is 15.1. The first-order valence-corrected chi connectivity index (χ1v) is 27.7. The van der Waals surface area contributed by atoms with E-state index in [9.17, 15) is 27.9 Å². The van der Waals surface area contributed by atoms with Gasteiger partial charge in [0.15, 0.2) is 25.0 Å². The molecule has 1 heterocycles. The number of halogens is 3. The zero-order valence-corrected chi connectivity index (χ0v) is 38.8. The van der Waals surface area contributed by atoms with Gasteiger partial charge < -0.3 is 33.2 Å². The quantitative estimate of drug-likeness (QED) is 0.149. The highest BCUT2D eigenvalue weighted by Gasteiger charge is 2.61. The van der Waals surface area contributed by atoms with Crippen molar-refractivity contribution in [2.45, 2.75) is 177 Å². The molecule has 0 aliphatic carbocycles. The van der Waals surface area contributed by atoms with Crippen LogP contribution in [0.3, 0.4) is 0 Å². The molecule has 0 saturated carbocycles. The molecule has 9 nitrogen and oxygen atoms in total. The van der Waals surface area contributed by atoms with Crippen LogP contribution >= 0.6 is 11.8 Å². The number of aryl methyl sites for hydroxylation is 1. The number of thioether (sulfide) groups is 1. The number of ether oxygens (including phenoxy) is 2. The Morgan fingerprint density at radius 3 is 1.77 bits per heavy atom. The van der Waals surface area contributed by atoms with E-state index < -0.39 is 95.1 Å². The van der Waals surface area contributed by atoms with Crippen LogP contribution in [-0.4, -0.2) is 97.2 Å². The maximum absolute atomic E-state index is 14.2. The van der Waals surface area contributed by atoms with Crippen molar-refractivity contribution >= 4 is 48.6 Å². The normalized spacial score (nSPS) is 23.7. The van der Waals surface area contributed by atoms with Crippen LogP contribution in [0, 0.1) is 6.92 Å². The first kappa shape index (κ1) is 47.9. The summed E-state index contributed by atoms with van der Waals surface area (Å²) in [4.78, 5) is 25.9. The van der Waals surface area contributed by atoms with Gasteiger partial charge in [0.1, 0.15) is 12.2 Å². The molecule has 0 aromatic heterocycles. The van der Waals surface area contributed by atoms with Gasteiger partial charge in [0.25, 0.3) is 0 Å². The summed E-state index contributed by atoms with van der Waals surface area (Å²) in [5.74, 6) is -2.97. The van der Waals surface area contributed by atoms with Gasteiger partial charge >= 0.3 is 18.1 Å². The SMILES string of the molecule is COC(=O)[C@@]1(Sc2ccc(C)cc2)C[C@H](O[Si](C)(C)C(C)(C)C)[C@@H](NC(=O)C(F)(F)F)[C@H]([C@H](O[Si](C)(C)C(C)(C)C)[C@@H](CO)O[Si](C)(C)C(C)(C)C)O1. The molecule has 2 rings (SSSR count).